The zero-order valence-corrected chi connectivity index (χ0v) is 15.1. The number of rotatable bonds is 3. The standard InChI is InChI=1S/C18H22N4O2S/c1-13-2-3-14(25-13)11-21-7-4-17-16(12-21)22(8-9-24-17)18(23)15-10-19-5-6-20-15/h2-3,5-6,10,16-17H,4,7-9,11-12H2,1H3/t16-,17-/m1/s1. The van der Waals surface area contributed by atoms with Crippen molar-refractivity contribution >= 4 is 17.2 Å². The molecule has 0 aromatic carbocycles. The summed E-state index contributed by atoms with van der Waals surface area (Å²) in [5.41, 5.74) is 0.411. The van der Waals surface area contributed by atoms with Gasteiger partial charge in [-0.1, -0.05) is 0 Å². The number of carbonyl (C=O) groups is 1. The number of thiophene rings is 1. The van der Waals surface area contributed by atoms with Crippen molar-refractivity contribution < 1.29 is 9.53 Å². The summed E-state index contributed by atoms with van der Waals surface area (Å²) in [5, 5.41) is 0. The van der Waals surface area contributed by atoms with Crippen molar-refractivity contribution in [2.45, 2.75) is 32.0 Å². The van der Waals surface area contributed by atoms with Gasteiger partial charge in [-0.2, -0.15) is 0 Å². The van der Waals surface area contributed by atoms with Crippen LogP contribution in [0.1, 0.15) is 26.7 Å². The van der Waals surface area contributed by atoms with Crippen LogP contribution in [-0.4, -0.2) is 64.1 Å². The van der Waals surface area contributed by atoms with E-state index in [1.807, 2.05) is 16.2 Å². The minimum absolute atomic E-state index is 0.0415. The molecule has 0 saturated carbocycles. The number of nitrogens with zero attached hydrogens (tertiary/aromatic N) is 4. The Bertz CT molecular complexity index is 736. The summed E-state index contributed by atoms with van der Waals surface area (Å²) in [5.74, 6) is -0.0415. The maximum Gasteiger partial charge on any atom is 0.274 e. The molecule has 25 heavy (non-hydrogen) atoms. The minimum Gasteiger partial charge on any atom is -0.374 e. The third kappa shape index (κ3) is 3.58. The van der Waals surface area contributed by atoms with Gasteiger partial charge in [-0.15, -0.1) is 11.3 Å². The summed E-state index contributed by atoms with van der Waals surface area (Å²) < 4.78 is 5.95. The van der Waals surface area contributed by atoms with Crippen LogP contribution < -0.4 is 0 Å². The first-order valence-electron chi connectivity index (χ1n) is 8.67. The highest BCUT2D eigenvalue weighted by Crippen LogP contribution is 2.26. The van der Waals surface area contributed by atoms with Gasteiger partial charge in [0.1, 0.15) is 5.69 Å². The zero-order valence-electron chi connectivity index (χ0n) is 14.3. The number of aromatic nitrogens is 2. The molecule has 2 atom stereocenters. The first-order valence-corrected chi connectivity index (χ1v) is 9.48. The van der Waals surface area contributed by atoms with E-state index in [0.29, 0.717) is 18.8 Å². The molecular weight excluding hydrogens is 336 g/mol. The molecule has 0 radical (unpaired) electrons. The number of hydrogen-bond donors (Lipinski definition) is 0. The Morgan fingerprint density at radius 3 is 3.04 bits per heavy atom. The molecule has 0 bridgehead atoms. The first kappa shape index (κ1) is 16.6. The van der Waals surface area contributed by atoms with Crippen LogP contribution in [-0.2, 0) is 11.3 Å². The highest BCUT2D eigenvalue weighted by molar-refractivity contribution is 7.11. The van der Waals surface area contributed by atoms with E-state index in [1.165, 1.54) is 9.75 Å². The van der Waals surface area contributed by atoms with Gasteiger partial charge >= 0.3 is 0 Å². The van der Waals surface area contributed by atoms with Gasteiger partial charge in [-0.3, -0.25) is 14.7 Å². The van der Waals surface area contributed by atoms with Gasteiger partial charge < -0.3 is 9.64 Å². The lowest BCUT2D eigenvalue weighted by molar-refractivity contribution is -0.0914. The highest BCUT2D eigenvalue weighted by Gasteiger charge is 2.39. The average Bonchev–Trinajstić information content (AvgIpc) is 3.06. The fourth-order valence-corrected chi connectivity index (χ4v) is 4.61. The number of morpholine rings is 1. The van der Waals surface area contributed by atoms with E-state index in [2.05, 4.69) is 33.9 Å². The molecule has 132 valence electrons. The predicted octanol–water partition coefficient (Wildman–Crippen LogP) is 1.96. The van der Waals surface area contributed by atoms with Gasteiger partial charge in [0, 0.05) is 48.3 Å². The number of aryl methyl sites for hydroxylation is 1. The highest BCUT2D eigenvalue weighted by atomic mass is 32.1. The molecule has 4 heterocycles. The van der Waals surface area contributed by atoms with Gasteiger partial charge in [0.25, 0.3) is 5.91 Å². The quantitative estimate of drug-likeness (QED) is 0.839. The summed E-state index contributed by atoms with van der Waals surface area (Å²) in [6.07, 6.45) is 5.78. The minimum atomic E-state index is -0.0415. The summed E-state index contributed by atoms with van der Waals surface area (Å²) >= 11 is 1.84. The lowest BCUT2D eigenvalue weighted by Crippen LogP contribution is -2.61. The number of amides is 1. The van der Waals surface area contributed by atoms with Crippen LogP contribution in [0.25, 0.3) is 0 Å². The van der Waals surface area contributed by atoms with E-state index in [-0.39, 0.29) is 18.1 Å². The van der Waals surface area contributed by atoms with E-state index in [9.17, 15) is 4.79 Å². The van der Waals surface area contributed by atoms with Crippen LogP contribution in [0.2, 0.25) is 0 Å². The molecule has 4 rings (SSSR count). The molecule has 1 amide bonds. The van der Waals surface area contributed by atoms with E-state index < -0.39 is 0 Å². The van der Waals surface area contributed by atoms with E-state index in [1.54, 1.807) is 18.6 Å². The van der Waals surface area contributed by atoms with Crippen molar-refractivity contribution in [2.75, 3.05) is 26.2 Å². The Balaban J connectivity index is 1.48. The number of carbonyl (C=O) groups excluding carboxylic acids is 1. The molecule has 2 fully saturated rings. The molecule has 2 aromatic heterocycles. The molecule has 2 aromatic rings. The second-order valence-corrected chi connectivity index (χ2v) is 7.97. The molecule has 2 aliphatic rings. The smallest absolute Gasteiger partial charge is 0.274 e. The van der Waals surface area contributed by atoms with E-state index >= 15 is 0 Å². The average molecular weight is 358 g/mol. The third-order valence-corrected chi connectivity index (χ3v) is 5.87. The van der Waals surface area contributed by atoms with Gasteiger partial charge in [-0.25, -0.2) is 4.98 Å². The van der Waals surface area contributed by atoms with Crippen LogP contribution in [0.5, 0.6) is 0 Å². The molecule has 2 saturated heterocycles. The molecular formula is C18H22N4O2S. The van der Waals surface area contributed by atoms with Crippen LogP contribution in [0.4, 0.5) is 0 Å². The Morgan fingerprint density at radius 1 is 1.36 bits per heavy atom. The van der Waals surface area contributed by atoms with Crippen molar-refractivity contribution in [2.24, 2.45) is 0 Å². The fraction of sp³-hybridized carbons (Fsp3) is 0.500. The monoisotopic (exact) mass is 358 g/mol. The number of piperidine rings is 1. The summed E-state index contributed by atoms with van der Waals surface area (Å²) in [4.78, 5) is 28.2. The summed E-state index contributed by atoms with van der Waals surface area (Å²) in [6.45, 7) is 6.13. The predicted molar refractivity (Wildman–Crippen MR) is 95.5 cm³/mol. The summed E-state index contributed by atoms with van der Waals surface area (Å²) in [7, 11) is 0. The first-order chi connectivity index (χ1) is 12.2. The maximum absolute atomic E-state index is 12.9. The van der Waals surface area contributed by atoms with Crippen molar-refractivity contribution in [3.63, 3.8) is 0 Å². The fourth-order valence-electron chi connectivity index (χ4n) is 3.68. The molecule has 0 spiro atoms. The Labute approximate surface area is 151 Å². The maximum atomic E-state index is 12.9. The van der Waals surface area contributed by atoms with Crippen molar-refractivity contribution in [1.29, 1.82) is 0 Å². The topological polar surface area (TPSA) is 58.6 Å². The molecule has 2 aliphatic heterocycles. The molecule has 6 nitrogen and oxygen atoms in total. The van der Waals surface area contributed by atoms with Crippen LogP contribution in [0, 0.1) is 6.92 Å². The normalized spacial score (nSPS) is 24.1. The second kappa shape index (κ2) is 7.19. The largest absolute Gasteiger partial charge is 0.374 e. The Kier molecular flexibility index (Phi) is 4.78. The number of hydrogen-bond acceptors (Lipinski definition) is 6. The number of ether oxygens (including phenoxy) is 1. The lowest BCUT2D eigenvalue weighted by atomic mass is 9.98. The SMILES string of the molecule is Cc1ccc(CN2CC[C@H]3OCCN(C(=O)c4cnccn4)[C@@H]3C2)s1. The molecule has 0 unspecified atom stereocenters. The van der Waals surface area contributed by atoms with E-state index in [4.69, 9.17) is 4.74 Å². The third-order valence-electron chi connectivity index (χ3n) is 4.89. The number of fused-ring (bicyclic) bond motifs is 1. The second-order valence-electron chi connectivity index (χ2n) is 6.60. The molecule has 0 N–H and O–H groups in total. The van der Waals surface area contributed by atoms with Crippen LogP contribution in [0.3, 0.4) is 0 Å². The van der Waals surface area contributed by atoms with Crippen molar-refractivity contribution in [1.82, 2.24) is 19.8 Å². The van der Waals surface area contributed by atoms with Gasteiger partial charge in [0.05, 0.1) is 24.9 Å². The summed E-state index contributed by atoms with van der Waals surface area (Å²) in [6, 6.07) is 4.45. The Hall–Kier alpha value is -1.83. The van der Waals surface area contributed by atoms with E-state index in [0.717, 1.165) is 26.1 Å². The van der Waals surface area contributed by atoms with Crippen LogP contribution in [0.15, 0.2) is 30.7 Å². The van der Waals surface area contributed by atoms with Gasteiger partial charge in [0.15, 0.2) is 0 Å². The Morgan fingerprint density at radius 2 is 2.28 bits per heavy atom. The van der Waals surface area contributed by atoms with Crippen molar-refractivity contribution in [3.8, 4) is 0 Å². The zero-order chi connectivity index (χ0) is 17.2. The van der Waals surface area contributed by atoms with Crippen LogP contribution >= 0.6 is 11.3 Å². The number of likely N-dealkylation sites (tertiary alicyclic amines) is 1. The van der Waals surface area contributed by atoms with Gasteiger partial charge in [0.2, 0.25) is 0 Å². The van der Waals surface area contributed by atoms with Gasteiger partial charge in [-0.05, 0) is 25.5 Å². The lowest BCUT2D eigenvalue weighted by Gasteiger charge is -2.46. The van der Waals surface area contributed by atoms with Crippen molar-refractivity contribution in [3.05, 3.63) is 46.2 Å². The molecule has 0 aliphatic carbocycles. The molecule has 7 heteroatoms.